The van der Waals surface area contributed by atoms with Crippen molar-refractivity contribution in [1.82, 2.24) is 0 Å². The number of rotatable bonds is 7. The molecule has 0 saturated carbocycles. The van der Waals surface area contributed by atoms with Crippen molar-refractivity contribution in [2.75, 3.05) is 20.0 Å². The van der Waals surface area contributed by atoms with Crippen molar-refractivity contribution in [3.8, 4) is 5.75 Å². The van der Waals surface area contributed by atoms with Gasteiger partial charge < -0.3 is 15.2 Å². The number of ether oxygens (including phenoxy) is 2. The molecule has 0 bridgehead atoms. The summed E-state index contributed by atoms with van der Waals surface area (Å²) in [6, 6.07) is 5.80. The van der Waals surface area contributed by atoms with E-state index in [0.717, 1.165) is 24.3 Å². The lowest BCUT2D eigenvalue weighted by Gasteiger charge is -2.07. The van der Waals surface area contributed by atoms with Gasteiger partial charge in [-0.25, -0.2) is 4.79 Å². The molecule has 1 aromatic carbocycles. The Morgan fingerprint density at radius 2 is 2.00 bits per heavy atom. The molecule has 27 heavy (non-hydrogen) atoms. The van der Waals surface area contributed by atoms with Gasteiger partial charge in [-0.3, -0.25) is 5.41 Å². The molecular weight excluding hydrogens is 364 g/mol. The lowest BCUT2D eigenvalue weighted by Crippen LogP contribution is -2.17. The molecule has 0 saturated heterocycles. The molecule has 0 aromatic heterocycles. The molecule has 5 nitrogen and oxygen atoms in total. The van der Waals surface area contributed by atoms with E-state index in [1.54, 1.807) is 33.1 Å². The van der Waals surface area contributed by atoms with Gasteiger partial charge in [0.25, 0.3) is 0 Å². The van der Waals surface area contributed by atoms with Crippen LogP contribution in [-0.2, 0) is 16.0 Å². The second kappa shape index (κ2) is 12.8. The van der Waals surface area contributed by atoms with Crippen molar-refractivity contribution in [1.29, 1.82) is 5.41 Å². The monoisotopic (exact) mass is 392 g/mol. The normalized spacial score (nSPS) is 11.2. The van der Waals surface area contributed by atoms with Crippen LogP contribution < -0.4 is 10.5 Å². The van der Waals surface area contributed by atoms with Crippen molar-refractivity contribution in [3.05, 3.63) is 58.7 Å². The Kier molecular flexibility index (Phi) is 11.6. The minimum atomic E-state index is -0.670. The Bertz CT molecular complexity index is 737. The van der Waals surface area contributed by atoms with E-state index in [1.807, 2.05) is 18.2 Å². The number of nitrogen functional groups attached to an aromatic ring is 1. The molecule has 0 radical (unpaired) electrons. The van der Waals surface area contributed by atoms with E-state index >= 15 is 0 Å². The van der Waals surface area contributed by atoms with Crippen LogP contribution in [0.15, 0.2) is 53.1 Å². The minimum Gasteiger partial charge on any atom is -0.496 e. The maximum Gasteiger partial charge on any atom is 0.356 e. The largest absolute Gasteiger partial charge is 0.496 e. The second-order valence-corrected chi connectivity index (χ2v) is 6.15. The number of hydrogen-bond donors (Lipinski definition) is 2. The van der Waals surface area contributed by atoms with Crippen molar-refractivity contribution in [3.63, 3.8) is 0 Å². The number of esters is 1. The summed E-state index contributed by atoms with van der Waals surface area (Å²) in [5, 5.41) is 7.92. The zero-order valence-electron chi connectivity index (χ0n) is 16.7. The highest BCUT2D eigenvalue weighted by atomic mass is 35.5. The van der Waals surface area contributed by atoms with Gasteiger partial charge in [0.2, 0.25) is 0 Å². The average Bonchev–Trinajstić information content (AvgIpc) is 2.63. The van der Waals surface area contributed by atoms with Crippen LogP contribution in [0.1, 0.15) is 32.8 Å². The minimum absolute atomic E-state index is 0.188. The number of hydrogen-bond acceptors (Lipinski definition) is 5. The molecule has 3 N–H and O–H groups in total. The van der Waals surface area contributed by atoms with Crippen LogP contribution >= 0.6 is 11.6 Å². The number of methoxy groups -OCH3 is 2. The average molecular weight is 393 g/mol. The Morgan fingerprint density at radius 3 is 2.44 bits per heavy atom. The number of anilines is 1. The molecular formula is C21H29ClN2O3. The Balaban J connectivity index is 0.000000511. The zero-order chi connectivity index (χ0) is 21.0. The fourth-order valence-corrected chi connectivity index (χ4v) is 2.49. The van der Waals surface area contributed by atoms with Gasteiger partial charge in [-0.2, -0.15) is 0 Å². The van der Waals surface area contributed by atoms with Gasteiger partial charge in [0.05, 0.1) is 14.2 Å². The molecule has 1 aromatic rings. The van der Waals surface area contributed by atoms with E-state index in [2.05, 4.69) is 18.2 Å². The van der Waals surface area contributed by atoms with Gasteiger partial charge in [0.15, 0.2) is 0 Å². The fraction of sp³-hybridized carbons (Fsp3) is 0.333. The van der Waals surface area contributed by atoms with E-state index < -0.39 is 5.97 Å². The smallest absolute Gasteiger partial charge is 0.356 e. The van der Waals surface area contributed by atoms with Gasteiger partial charge in [-0.1, -0.05) is 43.7 Å². The predicted molar refractivity (Wildman–Crippen MR) is 114 cm³/mol. The highest BCUT2D eigenvalue weighted by Crippen LogP contribution is 2.22. The van der Waals surface area contributed by atoms with Crippen LogP contribution in [0.5, 0.6) is 5.75 Å². The summed E-state index contributed by atoms with van der Waals surface area (Å²) in [7, 11) is 2.91. The standard InChI is InChI=1S/C11H14ClNO2.C10H15NO/c1-5-9(7(2)6-8(3)12)10(13)11(14)15-4;1-3-4-8-5-6-9(11)7-10(8)12-2/h5-6,13H,3H2,1-2,4H3;5-7H,3-4,11H2,1-2H3/b7-6-,9-5+,13-10?;. The van der Waals surface area contributed by atoms with Crippen molar-refractivity contribution >= 4 is 29.0 Å². The van der Waals surface area contributed by atoms with Gasteiger partial charge >= 0.3 is 5.97 Å². The predicted octanol–water partition coefficient (Wildman–Crippen LogP) is 5.05. The molecule has 0 atom stereocenters. The summed E-state index contributed by atoms with van der Waals surface area (Å²) in [5.74, 6) is 0.230. The summed E-state index contributed by atoms with van der Waals surface area (Å²) >= 11 is 5.61. The van der Waals surface area contributed by atoms with Gasteiger partial charge in [-0.15, -0.1) is 0 Å². The van der Waals surface area contributed by atoms with Gasteiger partial charge in [0.1, 0.15) is 11.5 Å². The first-order valence-corrected chi connectivity index (χ1v) is 8.88. The zero-order valence-corrected chi connectivity index (χ0v) is 17.4. The maximum atomic E-state index is 11.1. The van der Waals surface area contributed by atoms with E-state index in [-0.39, 0.29) is 5.71 Å². The molecule has 0 fully saturated rings. The van der Waals surface area contributed by atoms with Crippen LogP contribution in [0.25, 0.3) is 0 Å². The SMILES string of the molecule is C=C(Cl)/C=C(C)\C(=C/C)C(=N)C(=O)OC.CCCc1ccc(N)cc1OC. The van der Waals surface area contributed by atoms with Gasteiger partial charge in [-0.05, 0) is 43.5 Å². The molecule has 0 aliphatic carbocycles. The summed E-state index contributed by atoms with van der Waals surface area (Å²) in [6.07, 6.45) is 5.42. The third-order valence-corrected chi connectivity index (χ3v) is 3.69. The maximum absolute atomic E-state index is 11.1. The highest BCUT2D eigenvalue weighted by molar-refractivity contribution is 6.43. The third-order valence-electron chi connectivity index (χ3n) is 3.58. The summed E-state index contributed by atoms with van der Waals surface area (Å²) < 4.78 is 9.66. The first-order chi connectivity index (χ1) is 12.7. The fourth-order valence-electron chi connectivity index (χ4n) is 2.33. The molecule has 0 aliphatic rings. The molecule has 0 spiro atoms. The first kappa shape index (κ1) is 24.5. The molecule has 6 heteroatoms. The molecule has 0 amide bonds. The molecule has 0 aliphatic heterocycles. The summed E-state index contributed by atoms with van der Waals surface area (Å²) in [4.78, 5) is 11.1. The van der Waals surface area contributed by atoms with E-state index in [0.29, 0.717) is 16.2 Å². The number of carbonyl (C=O) groups excluding carboxylic acids is 1. The lowest BCUT2D eigenvalue weighted by atomic mass is 10.0. The Hall–Kier alpha value is -2.53. The summed E-state index contributed by atoms with van der Waals surface area (Å²) in [6.45, 7) is 9.15. The van der Waals surface area contributed by atoms with E-state index in [1.165, 1.54) is 12.7 Å². The second-order valence-electron chi connectivity index (χ2n) is 5.66. The number of nitrogens with one attached hydrogen (secondary N) is 1. The highest BCUT2D eigenvalue weighted by Gasteiger charge is 2.15. The van der Waals surface area contributed by atoms with Crippen molar-refractivity contribution in [2.45, 2.75) is 33.6 Å². The number of carbonyl (C=O) groups is 1. The quantitative estimate of drug-likeness (QED) is 0.294. The van der Waals surface area contributed by atoms with Crippen LogP contribution in [0.2, 0.25) is 0 Å². The topological polar surface area (TPSA) is 85.4 Å². The lowest BCUT2D eigenvalue weighted by molar-refractivity contribution is -0.132. The van der Waals surface area contributed by atoms with Crippen LogP contribution in [0.3, 0.4) is 0 Å². The Morgan fingerprint density at radius 1 is 1.37 bits per heavy atom. The number of halogens is 1. The van der Waals surface area contributed by atoms with Crippen molar-refractivity contribution in [2.24, 2.45) is 0 Å². The molecule has 0 unspecified atom stereocenters. The summed E-state index contributed by atoms with van der Waals surface area (Å²) in [5.41, 5.74) is 8.61. The van der Waals surface area contributed by atoms with Gasteiger partial charge in [0, 0.05) is 22.4 Å². The van der Waals surface area contributed by atoms with Crippen LogP contribution in [0.4, 0.5) is 5.69 Å². The van der Waals surface area contributed by atoms with Crippen molar-refractivity contribution < 1.29 is 14.3 Å². The van der Waals surface area contributed by atoms with E-state index in [9.17, 15) is 4.79 Å². The van der Waals surface area contributed by atoms with E-state index in [4.69, 9.17) is 27.5 Å². The number of aryl methyl sites for hydroxylation is 1. The molecule has 148 valence electrons. The first-order valence-electron chi connectivity index (χ1n) is 8.50. The number of nitrogens with two attached hydrogens (primary N) is 1. The third kappa shape index (κ3) is 8.60. The molecule has 1 rings (SSSR count). The molecule has 0 heterocycles. The van der Waals surface area contributed by atoms with Crippen LogP contribution in [-0.4, -0.2) is 25.9 Å². The van der Waals surface area contributed by atoms with Crippen LogP contribution in [0, 0.1) is 5.41 Å². The number of allylic oxidation sites excluding steroid dienone is 4. The Labute approximate surface area is 167 Å². The number of benzene rings is 1.